The fourth-order valence-electron chi connectivity index (χ4n) is 1.84. The van der Waals surface area contributed by atoms with Gasteiger partial charge in [0.05, 0.1) is 13.4 Å². The van der Waals surface area contributed by atoms with Gasteiger partial charge in [-0.25, -0.2) is 15.0 Å². The van der Waals surface area contributed by atoms with Gasteiger partial charge in [-0.15, -0.1) is 0 Å². The largest absolute Gasteiger partial charge is 0.490 e. The van der Waals surface area contributed by atoms with Gasteiger partial charge in [0.15, 0.2) is 11.6 Å². The molecule has 0 saturated heterocycles. The number of aromatic nitrogens is 4. The van der Waals surface area contributed by atoms with E-state index in [-0.39, 0.29) is 6.04 Å². The van der Waals surface area contributed by atoms with E-state index in [2.05, 4.69) is 32.5 Å². The maximum absolute atomic E-state index is 5.33. The Morgan fingerprint density at radius 1 is 1.37 bits per heavy atom. The number of ether oxygens (including phenoxy) is 1. The van der Waals surface area contributed by atoms with Crippen LogP contribution in [-0.4, -0.2) is 39.7 Å². The van der Waals surface area contributed by atoms with E-state index in [0.29, 0.717) is 17.4 Å². The van der Waals surface area contributed by atoms with Crippen molar-refractivity contribution in [3.05, 3.63) is 25.0 Å². The quantitative estimate of drug-likeness (QED) is 0.815. The highest BCUT2D eigenvalue weighted by atomic mass is 16.5. The number of nitrogens with one attached hydrogen (secondary N) is 2. The molecule has 0 aromatic carbocycles. The molecule has 102 valence electrons. The molecule has 19 heavy (non-hydrogen) atoms. The number of methoxy groups -OCH3 is 1. The van der Waals surface area contributed by atoms with Crippen LogP contribution in [0.4, 0.5) is 11.6 Å². The van der Waals surface area contributed by atoms with Crippen molar-refractivity contribution in [2.24, 2.45) is 0 Å². The zero-order chi connectivity index (χ0) is 13.7. The molecule has 2 N–H and O–H groups in total. The highest BCUT2D eigenvalue weighted by Crippen LogP contribution is 2.28. The van der Waals surface area contributed by atoms with Crippen LogP contribution in [0.3, 0.4) is 0 Å². The summed E-state index contributed by atoms with van der Waals surface area (Å²) in [6, 6.07) is 0.183. The fourth-order valence-corrected chi connectivity index (χ4v) is 1.84. The lowest BCUT2D eigenvalue weighted by Crippen LogP contribution is -2.22. The Morgan fingerprint density at radius 3 is 2.79 bits per heavy atom. The highest BCUT2D eigenvalue weighted by Gasteiger charge is 2.13. The SMILES string of the molecule is CNc1ncnc(NC(C)Cn2ccnc2)c1OC. The Kier molecular flexibility index (Phi) is 4.17. The minimum atomic E-state index is 0.183. The molecule has 0 radical (unpaired) electrons. The average Bonchev–Trinajstić information content (AvgIpc) is 2.91. The normalized spacial score (nSPS) is 11.9. The predicted molar refractivity (Wildman–Crippen MR) is 73.4 cm³/mol. The molecule has 0 saturated carbocycles. The second-order valence-corrected chi connectivity index (χ2v) is 4.16. The van der Waals surface area contributed by atoms with Crippen molar-refractivity contribution in [3.63, 3.8) is 0 Å². The van der Waals surface area contributed by atoms with E-state index in [4.69, 9.17) is 4.74 Å². The summed E-state index contributed by atoms with van der Waals surface area (Å²) in [6.45, 7) is 2.86. The number of anilines is 2. The molecule has 0 bridgehead atoms. The van der Waals surface area contributed by atoms with Gasteiger partial charge in [-0.1, -0.05) is 0 Å². The Hall–Kier alpha value is -2.31. The molecule has 2 heterocycles. The topological polar surface area (TPSA) is 76.9 Å². The minimum Gasteiger partial charge on any atom is -0.490 e. The van der Waals surface area contributed by atoms with Crippen LogP contribution >= 0.6 is 0 Å². The summed E-state index contributed by atoms with van der Waals surface area (Å²) in [4.78, 5) is 12.3. The number of imidazole rings is 1. The summed E-state index contributed by atoms with van der Waals surface area (Å²) in [7, 11) is 3.40. The van der Waals surface area contributed by atoms with Gasteiger partial charge in [0.25, 0.3) is 0 Å². The summed E-state index contributed by atoms with van der Waals surface area (Å²) >= 11 is 0. The van der Waals surface area contributed by atoms with E-state index >= 15 is 0 Å². The van der Waals surface area contributed by atoms with E-state index in [1.54, 1.807) is 26.7 Å². The highest BCUT2D eigenvalue weighted by molar-refractivity contribution is 5.63. The lowest BCUT2D eigenvalue weighted by atomic mass is 10.3. The van der Waals surface area contributed by atoms with Crippen LogP contribution in [0.2, 0.25) is 0 Å². The number of hydrogen-bond donors (Lipinski definition) is 2. The summed E-state index contributed by atoms with van der Waals surface area (Å²) in [5.41, 5.74) is 0. The van der Waals surface area contributed by atoms with Crippen molar-refractivity contribution in [2.75, 3.05) is 24.8 Å². The standard InChI is InChI=1S/C12H18N6O/c1-9(6-18-5-4-14-8-18)17-12-10(19-3)11(13-2)15-7-16-12/h4-5,7-9H,6H2,1-3H3,(H2,13,15,16,17). The third kappa shape index (κ3) is 3.12. The minimum absolute atomic E-state index is 0.183. The van der Waals surface area contributed by atoms with E-state index < -0.39 is 0 Å². The van der Waals surface area contributed by atoms with Crippen molar-refractivity contribution in [1.82, 2.24) is 19.5 Å². The van der Waals surface area contributed by atoms with Crippen LogP contribution in [0, 0.1) is 0 Å². The molecule has 0 aliphatic heterocycles. The average molecular weight is 262 g/mol. The van der Waals surface area contributed by atoms with Gasteiger partial charge in [0.2, 0.25) is 5.75 Å². The van der Waals surface area contributed by atoms with Crippen molar-refractivity contribution in [3.8, 4) is 5.75 Å². The molecule has 2 aromatic rings. The van der Waals surface area contributed by atoms with Crippen molar-refractivity contribution in [2.45, 2.75) is 19.5 Å². The molecular formula is C12H18N6O. The first-order valence-electron chi connectivity index (χ1n) is 6.03. The number of rotatable bonds is 6. The first-order valence-corrected chi connectivity index (χ1v) is 6.03. The third-order valence-corrected chi connectivity index (χ3v) is 2.67. The summed E-state index contributed by atoms with van der Waals surface area (Å²) < 4.78 is 7.34. The molecule has 7 heteroatoms. The number of hydrogen-bond acceptors (Lipinski definition) is 6. The van der Waals surface area contributed by atoms with Gasteiger partial charge < -0.3 is 19.9 Å². The van der Waals surface area contributed by atoms with Gasteiger partial charge >= 0.3 is 0 Å². The molecule has 0 aliphatic carbocycles. The molecular weight excluding hydrogens is 244 g/mol. The monoisotopic (exact) mass is 262 g/mol. The van der Waals surface area contributed by atoms with Gasteiger partial charge in [0, 0.05) is 32.0 Å². The van der Waals surface area contributed by atoms with Gasteiger partial charge in [-0.05, 0) is 6.92 Å². The lowest BCUT2D eigenvalue weighted by Gasteiger charge is -2.18. The molecule has 0 aliphatic rings. The Bertz CT molecular complexity index is 513. The molecule has 2 rings (SSSR count). The van der Waals surface area contributed by atoms with Crippen LogP contribution < -0.4 is 15.4 Å². The summed E-state index contributed by atoms with van der Waals surface area (Å²) in [5.74, 6) is 1.95. The second kappa shape index (κ2) is 6.03. The van der Waals surface area contributed by atoms with Crippen molar-refractivity contribution in [1.29, 1.82) is 0 Å². The summed E-state index contributed by atoms with van der Waals surface area (Å²) in [6.07, 6.45) is 6.97. The van der Waals surface area contributed by atoms with Crippen molar-refractivity contribution >= 4 is 11.6 Å². The molecule has 0 spiro atoms. The maximum atomic E-state index is 5.33. The summed E-state index contributed by atoms with van der Waals surface area (Å²) in [5, 5.41) is 6.28. The Morgan fingerprint density at radius 2 is 2.16 bits per heavy atom. The van der Waals surface area contributed by atoms with Crippen LogP contribution in [0.5, 0.6) is 5.75 Å². The first-order chi connectivity index (χ1) is 9.24. The van der Waals surface area contributed by atoms with Crippen LogP contribution in [-0.2, 0) is 6.54 Å². The molecule has 1 unspecified atom stereocenters. The number of nitrogens with zero attached hydrogens (tertiary/aromatic N) is 4. The van der Waals surface area contributed by atoms with Gasteiger partial charge in [-0.3, -0.25) is 0 Å². The van der Waals surface area contributed by atoms with Gasteiger partial charge in [0.1, 0.15) is 6.33 Å². The van der Waals surface area contributed by atoms with Crippen LogP contribution in [0.1, 0.15) is 6.92 Å². The molecule has 2 aromatic heterocycles. The maximum Gasteiger partial charge on any atom is 0.204 e. The molecule has 1 atom stereocenters. The Labute approximate surface area is 112 Å². The third-order valence-electron chi connectivity index (χ3n) is 2.67. The van der Waals surface area contributed by atoms with Crippen LogP contribution in [0.25, 0.3) is 0 Å². The molecule has 0 amide bonds. The van der Waals surface area contributed by atoms with E-state index in [0.717, 1.165) is 6.54 Å². The van der Waals surface area contributed by atoms with Crippen molar-refractivity contribution < 1.29 is 4.74 Å². The zero-order valence-corrected chi connectivity index (χ0v) is 11.3. The molecule has 7 nitrogen and oxygen atoms in total. The van der Waals surface area contributed by atoms with E-state index in [9.17, 15) is 0 Å². The predicted octanol–water partition coefficient (Wildman–Crippen LogP) is 1.22. The second-order valence-electron chi connectivity index (χ2n) is 4.16. The molecule has 0 fully saturated rings. The first kappa shape index (κ1) is 13.1. The lowest BCUT2D eigenvalue weighted by molar-refractivity contribution is 0.414. The smallest absolute Gasteiger partial charge is 0.204 e. The fraction of sp³-hybridized carbons (Fsp3) is 0.417. The van der Waals surface area contributed by atoms with E-state index in [1.807, 2.05) is 10.8 Å². The zero-order valence-electron chi connectivity index (χ0n) is 11.3. The van der Waals surface area contributed by atoms with Crippen LogP contribution in [0.15, 0.2) is 25.0 Å². The van der Waals surface area contributed by atoms with E-state index in [1.165, 1.54) is 6.33 Å². The van der Waals surface area contributed by atoms with Gasteiger partial charge in [-0.2, -0.15) is 0 Å². The Balaban J connectivity index is 2.09.